The van der Waals surface area contributed by atoms with E-state index in [1.165, 1.54) is 35.5 Å². The number of hydrogen-bond acceptors (Lipinski definition) is 28. The lowest BCUT2D eigenvalue weighted by atomic mass is 10.2. The van der Waals surface area contributed by atoms with Crippen LogP contribution in [0.2, 0.25) is 0 Å². The lowest BCUT2D eigenvalue weighted by molar-refractivity contribution is -0.0629. The Morgan fingerprint density at radius 2 is 0.952 bits per heavy atom. The van der Waals surface area contributed by atoms with E-state index < -0.39 is 172 Å². The number of nitrogens with zero attached hydrogens (tertiary/aromatic N) is 9. The van der Waals surface area contributed by atoms with Crippen LogP contribution in [0.5, 0.6) is 0 Å². The van der Waals surface area contributed by atoms with Gasteiger partial charge in [0.2, 0.25) is 5.95 Å². The number of aliphatic hydroxyl groups excluding tert-OH is 1. The first kappa shape index (κ1) is 61.2. The maximum atomic E-state index is 14.0. The molecule has 4 aliphatic rings. The standard InChI is InChI=1S/C40H52N14O26P4/c1-16-7-51(39(59)49-35(16)56)26-3-18(22(9-55)73-26)78-82(64,65)71-12-25-21(6-29(76-25)54-15-46-31-34(54)47-38(42)48-37(31)58)80-84(68,69)72-11-24-20(5-27(74-24)52-8-17(2)36(57)50-40(52)60)79-83(66,67)70-10-23-19(77-81(61,62)63)4-28(75-23)53-14-45-30-32(41)43-13-44-33(30)53/h7-8,13-15,18-29,55H,3-6,9-12H2,1-2H3,(H,64,65)(H,66,67)(H,68,69)(H2,41,43,44)(H,49,56,59)(H,50,57,60)(H2,61,62,63)(H3,42,47,48,58)/t18-,19-,20-,21-,22+,23+,24+,25+,26+,27+,28+,29+/m0/s1. The first-order valence-corrected chi connectivity index (χ1v) is 30.8. The number of anilines is 2. The first-order valence-electron chi connectivity index (χ1n) is 24.8. The van der Waals surface area contributed by atoms with Gasteiger partial charge >= 0.3 is 42.7 Å². The lowest BCUT2D eigenvalue weighted by Crippen LogP contribution is -2.33. The predicted octanol–water partition coefficient (Wildman–Crippen LogP) is -2.03. The molecule has 0 amide bonds. The van der Waals surface area contributed by atoms with E-state index in [2.05, 4.69) is 39.9 Å². The van der Waals surface area contributed by atoms with Gasteiger partial charge in [-0.05, 0) is 13.8 Å². The van der Waals surface area contributed by atoms with Gasteiger partial charge in [0.05, 0.1) is 39.1 Å². The monoisotopic (exact) mass is 1270 g/mol. The van der Waals surface area contributed by atoms with Crippen LogP contribution in [0.1, 0.15) is 61.7 Å². The minimum atomic E-state index is -5.47. The Labute approximate surface area is 466 Å². The second kappa shape index (κ2) is 23.8. The number of aromatic amines is 3. The molecule has 4 fully saturated rings. The molecular formula is C40H52N14O26P4. The second-order valence-electron chi connectivity index (χ2n) is 19.3. The Balaban J connectivity index is 0.850. The number of nitrogen functional groups attached to an aromatic ring is 2. The fraction of sp³-hybridized carbons (Fsp3) is 0.550. The normalized spacial score (nSPS) is 28.7. The Morgan fingerprint density at radius 1 is 0.548 bits per heavy atom. The summed E-state index contributed by atoms with van der Waals surface area (Å²) in [6.45, 7) is -0.972. The predicted molar refractivity (Wildman–Crippen MR) is 274 cm³/mol. The molecule has 6 aromatic rings. The second-order valence-corrected chi connectivity index (χ2v) is 24.7. The van der Waals surface area contributed by atoms with Gasteiger partial charge in [0, 0.05) is 49.2 Å². The van der Waals surface area contributed by atoms with Crippen LogP contribution in [0.15, 0.2) is 55.3 Å². The van der Waals surface area contributed by atoms with Gasteiger partial charge in [0.15, 0.2) is 22.6 Å². The van der Waals surface area contributed by atoms with Crippen molar-refractivity contribution in [2.75, 3.05) is 37.9 Å². The number of imidazole rings is 2. The maximum Gasteiger partial charge on any atom is 0.472 e. The van der Waals surface area contributed by atoms with Crippen molar-refractivity contribution in [1.82, 2.24) is 58.1 Å². The molecule has 10 heterocycles. The number of rotatable bonds is 22. The van der Waals surface area contributed by atoms with E-state index in [9.17, 15) is 71.8 Å². The summed E-state index contributed by atoms with van der Waals surface area (Å²) in [6.07, 6.45) is -13.2. The molecule has 458 valence electrons. The third-order valence-electron chi connectivity index (χ3n) is 13.6. The van der Waals surface area contributed by atoms with Crippen molar-refractivity contribution in [2.24, 2.45) is 0 Å². The molecule has 0 aliphatic carbocycles. The van der Waals surface area contributed by atoms with E-state index in [1.807, 2.05) is 0 Å². The number of hydrogen-bond donors (Lipinski definition) is 11. The van der Waals surface area contributed by atoms with Crippen molar-refractivity contribution >= 4 is 65.4 Å². The maximum absolute atomic E-state index is 14.0. The number of fused-ring (bicyclic) bond motifs is 2. The van der Waals surface area contributed by atoms with Crippen molar-refractivity contribution < 1.29 is 98.4 Å². The van der Waals surface area contributed by atoms with Crippen LogP contribution in [-0.4, -0.2) is 163 Å². The molecule has 0 spiro atoms. The molecule has 3 unspecified atom stereocenters. The van der Waals surface area contributed by atoms with Crippen LogP contribution in [0.25, 0.3) is 22.3 Å². The molecule has 15 atom stereocenters. The highest BCUT2D eigenvalue weighted by molar-refractivity contribution is 7.48. The summed E-state index contributed by atoms with van der Waals surface area (Å²) < 4.78 is 119. The van der Waals surface area contributed by atoms with E-state index in [-0.39, 0.29) is 58.1 Å². The summed E-state index contributed by atoms with van der Waals surface area (Å²) >= 11 is 0. The highest BCUT2D eigenvalue weighted by Crippen LogP contribution is 2.54. The Morgan fingerprint density at radius 3 is 1.40 bits per heavy atom. The number of nitrogens with two attached hydrogens (primary N) is 2. The summed E-state index contributed by atoms with van der Waals surface area (Å²) in [5, 5.41) is 10.1. The summed E-state index contributed by atoms with van der Waals surface area (Å²) in [7, 11) is -21.4. The fourth-order valence-corrected chi connectivity index (χ4v) is 13.1. The number of aryl methyl sites for hydroxylation is 2. The molecule has 10 rings (SSSR count). The Kier molecular flexibility index (Phi) is 17.3. The highest BCUT2D eigenvalue weighted by atomic mass is 31.2. The van der Waals surface area contributed by atoms with Gasteiger partial charge in [0.25, 0.3) is 16.7 Å². The number of aromatic nitrogens is 12. The van der Waals surface area contributed by atoms with Crippen molar-refractivity contribution in [3.63, 3.8) is 0 Å². The zero-order valence-electron chi connectivity index (χ0n) is 43.3. The smallest absolute Gasteiger partial charge is 0.394 e. The first-order chi connectivity index (χ1) is 39.5. The van der Waals surface area contributed by atoms with Crippen LogP contribution < -0.4 is 39.5 Å². The molecule has 0 saturated carbocycles. The molecular weight excluding hydrogens is 1220 g/mol. The van der Waals surface area contributed by atoms with Gasteiger partial charge in [-0.2, -0.15) is 4.98 Å². The number of H-pyrrole nitrogens is 3. The van der Waals surface area contributed by atoms with E-state index in [0.29, 0.717) is 0 Å². The molecule has 0 bridgehead atoms. The summed E-state index contributed by atoms with van der Waals surface area (Å²) in [5.41, 5.74) is 7.70. The molecule has 0 radical (unpaired) electrons. The average molecular weight is 1270 g/mol. The van der Waals surface area contributed by atoms with Crippen LogP contribution >= 0.6 is 31.3 Å². The third kappa shape index (κ3) is 13.5. The van der Waals surface area contributed by atoms with Gasteiger partial charge in [0.1, 0.15) is 85.6 Å². The number of aliphatic hydroxyl groups is 1. The topological polar surface area (TPSA) is 560 Å². The molecule has 6 aromatic heterocycles. The zero-order valence-corrected chi connectivity index (χ0v) is 46.9. The Hall–Kier alpha value is -5.90. The lowest BCUT2D eigenvalue weighted by Gasteiger charge is -2.25. The molecule has 40 nitrogen and oxygen atoms in total. The average Bonchev–Trinajstić information content (AvgIpc) is 4.20. The minimum Gasteiger partial charge on any atom is -0.394 e. The number of nitrogens with one attached hydrogen (secondary N) is 3. The number of phosphoric ester groups is 4. The third-order valence-corrected chi connectivity index (χ3v) is 17.1. The van der Waals surface area contributed by atoms with Gasteiger partial charge < -0.3 is 60.0 Å². The SMILES string of the molecule is Cc1cn([C@H]2C[C@H](OP(=O)(O)OC[C@H]3O[C@@H](n4cnc5c(=O)[nH]c(N)nc54)C[C@@H]3OP(=O)(O)OC[C@H]3O[C@@H](n4cc(C)c(=O)[nH]c4=O)C[C@@H]3OP(=O)(O)OC[C@H]3O[C@@H](n4cnc5c(N)ncnc54)C[C@@H]3OP(=O)(O)O)[C@@H](CO)O2)c(=O)[nH]c1=O. The zero-order chi connectivity index (χ0) is 60.4. The van der Waals surface area contributed by atoms with Crippen molar-refractivity contribution in [3.05, 3.63) is 94.5 Å². The van der Waals surface area contributed by atoms with Crippen LogP contribution in [-0.2, 0) is 68.9 Å². The number of phosphoric acid groups is 4. The van der Waals surface area contributed by atoms with Crippen molar-refractivity contribution in [1.29, 1.82) is 0 Å². The van der Waals surface area contributed by atoms with Gasteiger partial charge in [-0.3, -0.25) is 79.3 Å². The van der Waals surface area contributed by atoms with Gasteiger partial charge in [-0.25, -0.2) is 47.8 Å². The molecule has 4 aliphatic heterocycles. The number of ether oxygens (including phenoxy) is 4. The van der Waals surface area contributed by atoms with E-state index >= 15 is 0 Å². The molecule has 84 heavy (non-hydrogen) atoms. The fourth-order valence-electron chi connectivity index (χ4n) is 9.66. The minimum absolute atomic E-state index is 0.00416. The van der Waals surface area contributed by atoms with Crippen LogP contribution in [0.4, 0.5) is 11.8 Å². The van der Waals surface area contributed by atoms with Gasteiger partial charge in [-0.15, -0.1) is 0 Å². The van der Waals surface area contributed by atoms with Crippen molar-refractivity contribution in [2.45, 2.75) is 113 Å². The van der Waals surface area contributed by atoms with E-state index in [1.54, 1.807) is 0 Å². The van der Waals surface area contributed by atoms with E-state index in [4.69, 9.17) is 62.1 Å². The highest BCUT2D eigenvalue weighted by Gasteiger charge is 2.49. The molecule has 44 heteroatoms. The largest absolute Gasteiger partial charge is 0.472 e. The van der Waals surface area contributed by atoms with E-state index in [0.717, 1.165) is 28.0 Å². The van der Waals surface area contributed by atoms with Gasteiger partial charge in [-0.1, -0.05) is 0 Å². The Bertz CT molecular complexity index is 3980. The summed E-state index contributed by atoms with van der Waals surface area (Å²) in [6, 6.07) is 0. The van der Waals surface area contributed by atoms with Crippen LogP contribution in [0.3, 0.4) is 0 Å². The summed E-state index contributed by atoms with van der Waals surface area (Å²) in [4.78, 5) is 142. The molecule has 0 aromatic carbocycles. The quantitative estimate of drug-likeness (QED) is 0.0327. The van der Waals surface area contributed by atoms with Crippen molar-refractivity contribution in [3.8, 4) is 0 Å². The molecule has 4 saturated heterocycles. The molecule has 13 N–H and O–H groups in total. The summed E-state index contributed by atoms with van der Waals surface area (Å²) in [5.74, 6) is -0.333. The van der Waals surface area contributed by atoms with Crippen LogP contribution in [0, 0.1) is 13.8 Å².